The zero-order valence-corrected chi connectivity index (χ0v) is 14.0. The SMILES string of the molecule is CC1CCN(CCC(=O)N2CCN(c3ncccn3)CC2)CC1. The van der Waals surface area contributed by atoms with Gasteiger partial charge in [0.05, 0.1) is 0 Å². The zero-order valence-electron chi connectivity index (χ0n) is 14.0. The molecular formula is C17H27N5O. The monoisotopic (exact) mass is 317 g/mol. The van der Waals surface area contributed by atoms with Gasteiger partial charge in [0.25, 0.3) is 0 Å². The summed E-state index contributed by atoms with van der Waals surface area (Å²) in [7, 11) is 0. The van der Waals surface area contributed by atoms with Crippen LogP contribution in [0.2, 0.25) is 0 Å². The fraction of sp³-hybridized carbons (Fsp3) is 0.706. The van der Waals surface area contributed by atoms with Gasteiger partial charge in [0.15, 0.2) is 0 Å². The van der Waals surface area contributed by atoms with Crippen LogP contribution in [0.15, 0.2) is 18.5 Å². The molecule has 0 spiro atoms. The second-order valence-corrected chi connectivity index (χ2v) is 6.69. The summed E-state index contributed by atoms with van der Waals surface area (Å²) in [6.07, 6.45) is 6.71. The normalized spacial score (nSPS) is 20.7. The van der Waals surface area contributed by atoms with E-state index in [1.165, 1.54) is 12.8 Å². The second kappa shape index (κ2) is 7.73. The van der Waals surface area contributed by atoms with Gasteiger partial charge in [-0.3, -0.25) is 4.79 Å². The lowest BCUT2D eigenvalue weighted by Crippen LogP contribution is -2.49. The molecule has 0 N–H and O–H groups in total. The molecule has 1 amide bonds. The molecule has 6 heteroatoms. The lowest BCUT2D eigenvalue weighted by atomic mass is 9.99. The summed E-state index contributed by atoms with van der Waals surface area (Å²) in [4.78, 5) is 27.5. The van der Waals surface area contributed by atoms with Gasteiger partial charge >= 0.3 is 0 Å². The lowest BCUT2D eigenvalue weighted by molar-refractivity contribution is -0.131. The molecule has 23 heavy (non-hydrogen) atoms. The maximum absolute atomic E-state index is 12.4. The molecule has 0 radical (unpaired) electrons. The van der Waals surface area contributed by atoms with Crippen LogP contribution in [0.5, 0.6) is 0 Å². The molecule has 2 aliphatic heterocycles. The Morgan fingerprint density at radius 3 is 2.39 bits per heavy atom. The Kier molecular flexibility index (Phi) is 5.43. The number of anilines is 1. The van der Waals surface area contributed by atoms with E-state index in [0.717, 1.165) is 57.7 Å². The molecule has 2 aliphatic rings. The summed E-state index contributed by atoms with van der Waals surface area (Å²) >= 11 is 0. The smallest absolute Gasteiger partial charge is 0.225 e. The number of rotatable bonds is 4. The van der Waals surface area contributed by atoms with Gasteiger partial charge in [-0.1, -0.05) is 6.92 Å². The van der Waals surface area contributed by atoms with Crippen molar-refractivity contribution in [2.45, 2.75) is 26.2 Å². The number of piperidine rings is 1. The standard InChI is InChI=1S/C17H27N5O/c1-15-3-8-20(9-4-15)10-5-16(23)21-11-13-22(14-12-21)17-18-6-2-7-19-17/h2,6-7,15H,3-5,8-14H2,1H3. The molecule has 2 saturated heterocycles. The van der Waals surface area contributed by atoms with Gasteiger partial charge in [0.1, 0.15) is 0 Å². The van der Waals surface area contributed by atoms with Gasteiger partial charge in [0.2, 0.25) is 11.9 Å². The highest BCUT2D eigenvalue weighted by Crippen LogP contribution is 2.16. The van der Waals surface area contributed by atoms with Crippen LogP contribution in [0.4, 0.5) is 5.95 Å². The Hall–Kier alpha value is -1.69. The van der Waals surface area contributed by atoms with E-state index < -0.39 is 0 Å². The van der Waals surface area contributed by atoms with E-state index in [1.54, 1.807) is 12.4 Å². The quantitative estimate of drug-likeness (QED) is 0.836. The van der Waals surface area contributed by atoms with Crippen LogP contribution >= 0.6 is 0 Å². The predicted molar refractivity (Wildman–Crippen MR) is 90.3 cm³/mol. The molecule has 0 aromatic carbocycles. The van der Waals surface area contributed by atoms with E-state index in [4.69, 9.17) is 0 Å². The minimum absolute atomic E-state index is 0.289. The van der Waals surface area contributed by atoms with Crippen LogP contribution in [0.3, 0.4) is 0 Å². The summed E-state index contributed by atoms with van der Waals surface area (Å²) in [5, 5.41) is 0. The Morgan fingerprint density at radius 2 is 1.74 bits per heavy atom. The van der Waals surface area contributed by atoms with Crippen LogP contribution in [0, 0.1) is 5.92 Å². The fourth-order valence-electron chi connectivity index (χ4n) is 3.31. The number of likely N-dealkylation sites (tertiary alicyclic amines) is 1. The molecule has 3 heterocycles. The van der Waals surface area contributed by atoms with Crippen molar-refractivity contribution >= 4 is 11.9 Å². The molecule has 1 aromatic heterocycles. The molecule has 3 rings (SSSR count). The summed E-state index contributed by atoms with van der Waals surface area (Å²) in [5.41, 5.74) is 0. The molecule has 0 atom stereocenters. The summed E-state index contributed by atoms with van der Waals surface area (Å²) in [6, 6.07) is 1.82. The minimum Gasteiger partial charge on any atom is -0.339 e. The molecule has 0 saturated carbocycles. The molecule has 0 unspecified atom stereocenters. The average Bonchev–Trinajstić information content (AvgIpc) is 2.62. The molecule has 0 aliphatic carbocycles. The minimum atomic E-state index is 0.289. The topological polar surface area (TPSA) is 52.6 Å². The van der Waals surface area contributed by atoms with E-state index in [9.17, 15) is 4.79 Å². The summed E-state index contributed by atoms with van der Waals surface area (Å²) in [6.45, 7) is 8.70. The Morgan fingerprint density at radius 1 is 1.09 bits per heavy atom. The molecular weight excluding hydrogens is 290 g/mol. The maximum Gasteiger partial charge on any atom is 0.225 e. The van der Waals surface area contributed by atoms with Gasteiger partial charge in [-0.05, 0) is 37.9 Å². The number of amides is 1. The zero-order chi connectivity index (χ0) is 16.1. The largest absolute Gasteiger partial charge is 0.339 e. The van der Waals surface area contributed by atoms with Gasteiger partial charge in [0, 0.05) is 51.5 Å². The van der Waals surface area contributed by atoms with E-state index in [2.05, 4.69) is 26.7 Å². The number of aromatic nitrogens is 2. The maximum atomic E-state index is 12.4. The van der Waals surface area contributed by atoms with Crippen LogP contribution in [-0.2, 0) is 4.79 Å². The van der Waals surface area contributed by atoms with Crippen molar-refractivity contribution in [3.8, 4) is 0 Å². The first-order valence-corrected chi connectivity index (χ1v) is 8.74. The summed E-state index contributed by atoms with van der Waals surface area (Å²) < 4.78 is 0. The van der Waals surface area contributed by atoms with Crippen molar-refractivity contribution in [3.05, 3.63) is 18.5 Å². The van der Waals surface area contributed by atoms with Crippen molar-refractivity contribution in [2.75, 3.05) is 50.7 Å². The van der Waals surface area contributed by atoms with Gasteiger partial charge in [-0.25, -0.2) is 9.97 Å². The lowest BCUT2D eigenvalue weighted by Gasteiger charge is -2.35. The molecule has 1 aromatic rings. The van der Waals surface area contributed by atoms with Crippen LogP contribution < -0.4 is 4.90 Å². The van der Waals surface area contributed by atoms with E-state index in [1.807, 2.05) is 11.0 Å². The highest BCUT2D eigenvalue weighted by Gasteiger charge is 2.23. The third-order valence-electron chi connectivity index (χ3n) is 4.99. The highest BCUT2D eigenvalue weighted by molar-refractivity contribution is 5.76. The van der Waals surface area contributed by atoms with Crippen molar-refractivity contribution in [1.29, 1.82) is 0 Å². The third-order valence-corrected chi connectivity index (χ3v) is 4.99. The van der Waals surface area contributed by atoms with Gasteiger partial charge in [-0.15, -0.1) is 0 Å². The molecule has 126 valence electrons. The first-order valence-electron chi connectivity index (χ1n) is 8.74. The van der Waals surface area contributed by atoms with Crippen LogP contribution in [0.1, 0.15) is 26.2 Å². The van der Waals surface area contributed by atoms with Crippen LogP contribution in [0.25, 0.3) is 0 Å². The van der Waals surface area contributed by atoms with E-state index in [0.29, 0.717) is 6.42 Å². The number of hydrogen-bond donors (Lipinski definition) is 0. The first kappa shape index (κ1) is 16.2. The number of hydrogen-bond acceptors (Lipinski definition) is 5. The Balaban J connectivity index is 1.40. The Labute approximate surface area is 138 Å². The average molecular weight is 317 g/mol. The predicted octanol–water partition coefficient (Wildman–Crippen LogP) is 1.25. The first-order chi connectivity index (χ1) is 11.2. The number of piperazine rings is 1. The van der Waals surface area contributed by atoms with E-state index in [-0.39, 0.29) is 5.91 Å². The third kappa shape index (κ3) is 4.41. The summed E-state index contributed by atoms with van der Waals surface area (Å²) in [5.74, 6) is 1.90. The second-order valence-electron chi connectivity index (χ2n) is 6.69. The number of carbonyl (C=O) groups excluding carboxylic acids is 1. The van der Waals surface area contributed by atoms with E-state index >= 15 is 0 Å². The van der Waals surface area contributed by atoms with Crippen LogP contribution in [-0.4, -0.2) is 71.5 Å². The van der Waals surface area contributed by atoms with Gasteiger partial charge < -0.3 is 14.7 Å². The molecule has 0 bridgehead atoms. The Bertz CT molecular complexity index is 493. The number of carbonyl (C=O) groups is 1. The molecule has 2 fully saturated rings. The van der Waals surface area contributed by atoms with Crippen molar-refractivity contribution < 1.29 is 4.79 Å². The van der Waals surface area contributed by atoms with Crippen molar-refractivity contribution in [1.82, 2.24) is 19.8 Å². The fourth-order valence-corrected chi connectivity index (χ4v) is 3.31. The van der Waals surface area contributed by atoms with Gasteiger partial charge in [-0.2, -0.15) is 0 Å². The number of nitrogens with zero attached hydrogens (tertiary/aromatic N) is 5. The van der Waals surface area contributed by atoms with Crippen molar-refractivity contribution in [3.63, 3.8) is 0 Å². The molecule has 6 nitrogen and oxygen atoms in total. The van der Waals surface area contributed by atoms with Crippen molar-refractivity contribution in [2.24, 2.45) is 5.92 Å². The highest BCUT2D eigenvalue weighted by atomic mass is 16.2.